The largest absolute Gasteiger partial charge is 0.477 e. The van der Waals surface area contributed by atoms with Crippen LogP contribution in [-0.4, -0.2) is 98.6 Å². The lowest BCUT2D eigenvalue weighted by Gasteiger charge is -2.46. The number of aliphatic hydroxyl groups is 1. The number of amides is 2. The Labute approximate surface area is 183 Å². The SMILES string of the molecule is C[C@@H](O)[C@H]1C(=O)N2C(C(=O)O)=C(S[C@@H]3CN[C@H](C(=O)N4CC[S+](C)CC4)C3)[C@H](C)[C@H]12. The molecule has 3 fully saturated rings. The van der Waals surface area contributed by atoms with E-state index < -0.39 is 18.0 Å². The molecule has 3 saturated heterocycles. The smallest absolute Gasteiger partial charge is 0.353 e. The molecule has 4 aliphatic rings. The van der Waals surface area contributed by atoms with E-state index in [0.29, 0.717) is 28.8 Å². The number of aliphatic carboxylic acids is 1. The minimum atomic E-state index is -1.11. The molecule has 30 heavy (non-hydrogen) atoms. The maximum atomic E-state index is 12.9. The van der Waals surface area contributed by atoms with Gasteiger partial charge in [-0.15, -0.1) is 11.8 Å². The van der Waals surface area contributed by atoms with E-state index in [1.54, 1.807) is 6.92 Å². The number of carboxylic acid groups (broad SMARTS) is 1. The number of hydrogen-bond donors (Lipinski definition) is 3. The second kappa shape index (κ2) is 8.37. The van der Waals surface area contributed by atoms with Gasteiger partial charge in [-0.05, 0) is 24.2 Å². The summed E-state index contributed by atoms with van der Waals surface area (Å²) >= 11 is 1.48. The molecule has 6 atom stereocenters. The first-order chi connectivity index (χ1) is 14.2. The van der Waals surface area contributed by atoms with Gasteiger partial charge in [0.05, 0.1) is 43.5 Å². The van der Waals surface area contributed by atoms with Crippen LogP contribution in [0.1, 0.15) is 20.3 Å². The molecule has 0 aromatic rings. The van der Waals surface area contributed by atoms with E-state index in [2.05, 4.69) is 11.6 Å². The van der Waals surface area contributed by atoms with Gasteiger partial charge in [0.15, 0.2) is 0 Å². The van der Waals surface area contributed by atoms with Crippen molar-refractivity contribution in [3.63, 3.8) is 0 Å². The molecule has 0 aromatic carbocycles. The minimum absolute atomic E-state index is 0.0557. The molecule has 4 aliphatic heterocycles. The molecule has 0 bridgehead atoms. The number of thioether (sulfide) groups is 1. The third-order valence-electron chi connectivity index (χ3n) is 6.72. The summed E-state index contributed by atoms with van der Waals surface area (Å²) in [7, 11) is 0.408. The number of hydrogen-bond acceptors (Lipinski definition) is 6. The molecule has 0 aromatic heterocycles. The van der Waals surface area contributed by atoms with Crippen LogP contribution in [0.3, 0.4) is 0 Å². The third kappa shape index (κ3) is 3.65. The van der Waals surface area contributed by atoms with Gasteiger partial charge in [-0.3, -0.25) is 9.59 Å². The van der Waals surface area contributed by atoms with E-state index in [-0.39, 0.29) is 40.8 Å². The van der Waals surface area contributed by atoms with Gasteiger partial charge in [0.2, 0.25) is 11.8 Å². The van der Waals surface area contributed by atoms with Gasteiger partial charge >= 0.3 is 5.97 Å². The van der Waals surface area contributed by atoms with E-state index in [9.17, 15) is 24.6 Å². The maximum Gasteiger partial charge on any atom is 0.353 e. The van der Waals surface area contributed by atoms with Gasteiger partial charge in [0.1, 0.15) is 17.2 Å². The van der Waals surface area contributed by atoms with Gasteiger partial charge in [0, 0.05) is 22.6 Å². The van der Waals surface area contributed by atoms with Gasteiger partial charge < -0.3 is 25.3 Å². The van der Waals surface area contributed by atoms with E-state index >= 15 is 0 Å². The number of aliphatic hydroxyl groups excluding tert-OH is 1. The standard InChI is InChI=1S/C20H29N3O5S2/c1-10-15-14(11(2)24)19(26)23(15)16(20(27)28)17(10)29-12-8-13(21-9-12)18(25)22-4-6-30(3)7-5-22/h10-15,21,24H,4-9H2,1-3H3/p+1/t10-,11-,12+,13+,14-,15-/m1/s1. The summed E-state index contributed by atoms with van der Waals surface area (Å²) in [6.07, 6.45) is 2.09. The van der Waals surface area contributed by atoms with Crippen LogP contribution in [0.2, 0.25) is 0 Å². The van der Waals surface area contributed by atoms with Gasteiger partial charge in [-0.25, -0.2) is 4.79 Å². The number of carbonyl (C=O) groups is 3. The number of fused-ring (bicyclic) bond motifs is 1. The Balaban J connectivity index is 1.43. The van der Waals surface area contributed by atoms with Crippen LogP contribution in [0.5, 0.6) is 0 Å². The molecule has 0 aliphatic carbocycles. The van der Waals surface area contributed by atoms with E-state index in [0.717, 1.165) is 24.6 Å². The van der Waals surface area contributed by atoms with Crippen molar-refractivity contribution in [2.75, 3.05) is 37.4 Å². The average Bonchev–Trinajstić information content (AvgIpc) is 3.24. The highest BCUT2D eigenvalue weighted by Gasteiger charge is 2.60. The fraction of sp³-hybridized carbons (Fsp3) is 0.750. The summed E-state index contributed by atoms with van der Waals surface area (Å²) in [5, 5.41) is 23.1. The van der Waals surface area contributed by atoms with Crippen molar-refractivity contribution in [1.29, 1.82) is 0 Å². The zero-order valence-corrected chi connectivity index (χ0v) is 19.2. The van der Waals surface area contributed by atoms with Crippen molar-refractivity contribution in [3.8, 4) is 0 Å². The van der Waals surface area contributed by atoms with E-state index in [4.69, 9.17) is 0 Å². The zero-order chi connectivity index (χ0) is 21.7. The van der Waals surface area contributed by atoms with Crippen LogP contribution in [-0.2, 0) is 25.3 Å². The van der Waals surface area contributed by atoms with Crippen LogP contribution in [0, 0.1) is 11.8 Å². The predicted molar refractivity (Wildman–Crippen MR) is 117 cm³/mol. The Morgan fingerprint density at radius 2 is 1.97 bits per heavy atom. The van der Waals surface area contributed by atoms with Crippen molar-refractivity contribution in [2.45, 2.75) is 43.7 Å². The van der Waals surface area contributed by atoms with E-state index in [1.165, 1.54) is 16.7 Å². The Kier molecular flexibility index (Phi) is 6.13. The molecule has 3 N–H and O–H groups in total. The molecule has 4 heterocycles. The quantitative estimate of drug-likeness (QED) is 0.385. The Morgan fingerprint density at radius 1 is 1.30 bits per heavy atom. The lowest BCUT2D eigenvalue weighted by Crippen LogP contribution is -2.63. The zero-order valence-electron chi connectivity index (χ0n) is 17.5. The van der Waals surface area contributed by atoms with Crippen molar-refractivity contribution >= 4 is 40.4 Å². The van der Waals surface area contributed by atoms with Crippen molar-refractivity contribution in [2.24, 2.45) is 11.8 Å². The summed E-state index contributed by atoms with van der Waals surface area (Å²) in [5.41, 5.74) is 0.0557. The number of nitrogens with zero attached hydrogens (tertiary/aromatic N) is 2. The number of carbonyl (C=O) groups excluding carboxylic acids is 2. The molecule has 10 heteroatoms. The average molecular weight is 457 g/mol. The van der Waals surface area contributed by atoms with Gasteiger partial charge in [0.25, 0.3) is 0 Å². The fourth-order valence-electron chi connectivity index (χ4n) is 5.03. The van der Waals surface area contributed by atoms with Crippen LogP contribution >= 0.6 is 11.8 Å². The predicted octanol–water partition coefficient (Wildman–Crippen LogP) is -0.306. The molecule has 2 amide bonds. The number of carboxylic acids is 1. The first-order valence-electron chi connectivity index (χ1n) is 10.5. The van der Waals surface area contributed by atoms with Crippen LogP contribution in [0.25, 0.3) is 0 Å². The molecule has 0 unspecified atom stereocenters. The van der Waals surface area contributed by atoms with Crippen molar-refractivity contribution < 1.29 is 24.6 Å². The fourth-order valence-corrected chi connectivity index (χ4v) is 7.77. The monoisotopic (exact) mass is 456 g/mol. The molecule has 0 spiro atoms. The minimum Gasteiger partial charge on any atom is -0.477 e. The first kappa shape index (κ1) is 22.0. The number of rotatable bonds is 5. The highest BCUT2D eigenvalue weighted by atomic mass is 32.2. The number of β-lactam (4-membered cyclic amide) rings is 1. The molecular weight excluding hydrogens is 426 g/mol. The highest BCUT2D eigenvalue weighted by Crippen LogP contribution is 2.51. The summed E-state index contributed by atoms with van der Waals surface area (Å²) in [6, 6.07) is -0.525. The normalized spacial score (nSPS) is 35.5. The van der Waals surface area contributed by atoms with Crippen LogP contribution in [0.4, 0.5) is 0 Å². The summed E-state index contributed by atoms with van der Waals surface area (Å²) in [4.78, 5) is 41.3. The first-order valence-corrected chi connectivity index (χ1v) is 13.3. The van der Waals surface area contributed by atoms with Crippen LogP contribution < -0.4 is 5.32 Å². The summed E-state index contributed by atoms with van der Waals surface area (Å²) < 4.78 is 0. The third-order valence-corrected chi connectivity index (χ3v) is 9.99. The molecule has 8 nitrogen and oxygen atoms in total. The Hall–Kier alpha value is -1.23. The van der Waals surface area contributed by atoms with Gasteiger partial charge in [-0.1, -0.05) is 6.92 Å². The topological polar surface area (TPSA) is 110 Å². The molecular formula is C20H30N3O5S2+. The molecule has 4 rings (SSSR count). The maximum absolute atomic E-state index is 12.9. The van der Waals surface area contributed by atoms with Gasteiger partial charge in [-0.2, -0.15) is 0 Å². The van der Waals surface area contributed by atoms with E-state index in [1.807, 2.05) is 11.8 Å². The second-order valence-corrected chi connectivity index (χ2v) is 12.4. The van der Waals surface area contributed by atoms with Crippen molar-refractivity contribution in [3.05, 3.63) is 10.6 Å². The Morgan fingerprint density at radius 3 is 2.57 bits per heavy atom. The van der Waals surface area contributed by atoms with Crippen LogP contribution in [0.15, 0.2) is 10.6 Å². The summed E-state index contributed by atoms with van der Waals surface area (Å²) in [6.45, 7) is 5.78. The van der Waals surface area contributed by atoms with Crippen molar-refractivity contribution in [1.82, 2.24) is 15.1 Å². The summed E-state index contributed by atoms with van der Waals surface area (Å²) in [5.74, 6) is 0.175. The Bertz CT molecular complexity index is 780. The lowest BCUT2D eigenvalue weighted by atomic mass is 9.79. The highest BCUT2D eigenvalue weighted by molar-refractivity contribution is 8.03. The molecule has 166 valence electrons. The molecule has 0 saturated carbocycles. The molecule has 0 radical (unpaired) electrons. The lowest BCUT2D eigenvalue weighted by molar-refractivity contribution is -0.163. The number of nitrogens with one attached hydrogen (secondary N) is 1. The second-order valence-electron chi connectivity index (χ2n) is 8.72.